The lowest BCUT2D eigenvalue weighted by molar-refractivity contribution is -0.132. The molecule has 0 amide bonds. The molecule has 0 spiro atoms. The largest absolute Gasteiger partial charge is 0.478 e. The maximum Gasteiger partial charge on any atom is 0.331 e. The maximum absolute atomic E-state index is 11.8. The lowest BCUT2D eigenvalue weighted by Gasteiger charge is -2.15. The summed E-state index contributed by atoms with van der Waals surface area (Å²) < 4.78 is 11.8. The fraction of sp³-hybridized carbons (Fsp3) is 0.308. The van der Waals surface area contributed by atoms with Crippen LogP contribution >= 0.6 is 7.37 Å². The minimum atomic E-state index is -3.67. The number of carbonyl (C=O) groups is 1. The number of hydrogen-bond donors (Lipinski definition) is 3. The Labute approximate surface area is 112 Å². The van der Waals surface area contributed by atoms with Gasteiger partial charge in [-0.2, -0.15) is 0 Å². The average Bonchev–Trinajstić information content (AvgIpc) is 2.35. The van der Waals surface area contributed by atoms with Gasteiger partial charge < -0.3 is 15.7 Å². The zero-order valence-electron chi connectivity index (χ0n) is 10.7. The van der Waals surface area contributed by atoms with Gasteiger partial charge in [0.15, 0.2) is 0 Å². The molecule has 0 saturated heterocycles. The fourth-order valence-corrected chi connectivity index (χ4v) is 2.50. The molecule has 19 heavy (non-hydrogen) atoms. The van der Waals surface area contributed by atoms with E-state index in [9.17, 15) is 14.3 Å². The predicted octanol–water partition coefficient (Wildman–Crippen LogP) is 1.82. The van der Waals surface area contributed by atoms with Gasteiger partial charge in [0.2, 0.25) is 7.37 Å². The monoisotopic (exact) mass is 283 g/mol. The minimum absolute atomic E-state index is 0.0769. The Balaban J connectivity index is 2.84. The summed E-state index contributed by atoms with van der Waals surface area (Å²) in [4.78, 5) is 20.7. The molecule has 4 N–H and O–H groups in total. The summed E-state index contributed by atoms with van der Waals surface area (Å²) in [6.45, 7) is 1.40. The first kappa shape index (κ1) is 15.6. The SMILES string of the molecule is CC(N)P(=O)(O)C/C(=C/Cc1ccccc1)C(=O)O. The molecule has 0 aliphatic rings. The maximum atomic E-state index is 11.8. The first-order chi connectivity index (χ1) is 8.83. The van der Waals surface area contributed by atoms with Crippen molar-refractivity contribution in [1.29, 1.82) is 0 Å². The fourth-order valence-electron chi connectivity index (χ4n) is 1.46. The highest BCUT2D eigenvalue weighted by Gasteiger charge is 2.27. The summed E-state index contributed by atoms with van der Waals surface area (Å²) in [5.41, 5.74) is 6.26. The van der Waals surface area contributed by atoms with Crippen LogP contribution in [0.15, 0.2) is 42.0 Å². The minimum Gasteiger partial charge on any atom is -0.478 e. The lowest BCUT2D eigenvalue weighted by Crippen LogP contribution is -2.19. The van der Waals surface area contributed by atoms with Gasteiger partial charge in [-0.1, -0.05) is 36.4 Å². The van der Waals surface area contributed by atoms with E-state index in [0.717, 1.165) is 5.56 Å². The number of aliphatic carboxylic acids is 1. The molecule has 5 nitrogen and oxygen atoms in total. The van der Waals surface area contributed by atoms with Crippen LogP contribution in [-0.4, -0.2) is 27.9 Å². The molecule has 1 rings (SSSR count). The molecule has 1 aromatic carbocycles. The summed E-state index contributed by atoms with van der Waals surface area (Å²) in [7, 11) is -3.67. The van der Waals surface area contributed by atoms with Crippen LogP contribution in [0.5, 0.6) is 0 Å². The molecule has 104 valence electrons. The van der Waals surface area contributed by atoms with Crippen LogP contribution in [-0.2, 0) is 15.8 Å². The van der Waals surface area contributed by atoms with Gasteiger partial charge in [-0.05, 0) is 18.9 Å². The molecule has 2 atom stereocenters. The van der Waals surface area contributed by atoms with E-state index in [4.69, 9.17) is 10.8 Å². The van der Waals surface area contributed by atoms with Crippen LogP contribution in [0.1, 0.15) is 12.5 Å². The van der Waals surface area contributed by atoms with Crippen molar-refractivity contribution in [3.8, 4) is 0 Å². The van der Waals surface area contributed by atoms with E-state index >= 15 is 0 Å². The van der Waals surface area contributed by atoms with E-state index in [1.807, 2.05) is 30.3 Å². The van der Waals surface area contributed by atoms with Crippen molar-refractivity contribution >= 4 is 13.3 Å². The van der Waals surface area contributed by atoms with Gasteiger partial charge in [-0.3, -0.25) is 4.57 Å². The number of rotatable bonds is 6. The van der Waals surface area contributed by atoms with Gasteiger partial charge in [0.05, 0.1) is 11.9 Å². The Morgan fingerprint density at radius 1 is 1.42 bits per heavy atom. The molecular formula is C13H18NO4P. The summed E-state index contributed by atoms with van der Waals surface area (Å²) in [5.74, 6) is -2.13. The molecule has 2 unspecified atom stereocenters. The average molecular weight is 283 g/mol. The number of benzene rings is 1. The number of carboxylic acids is 1. The highest BCUT2D eigenvalue weighted by molar-refractivity contribution is 7.59. The summed E-state index contributed by atoms with van der Waals surface area (Å²) in [5, 5.41) is 9.06. The zero-order chi connectivity index (χ0) is 14.5. The van der Waals surface area contributed by atoms with E-state index in [-0.39, 0.29) is 5.57 Å². The third-order valence-electron chi connectivity index (χ3n) is 2.73. The lowest BCUT2D eigenvalue weighted by atomic mass is 10.1. The molecule has 0 radical (unpaired) electrons. The number of carboxylic acid groups (broad SMARTS) is 1. The van der Waals surface area contributed by atoms with Gasteiger partial charge in [0.25, 0.3) is 0 Å². The summed E-state index contributed by atoms with van der Waals surface area (Å²) in [6.07, 6.45) is 1.46. The van der Waals surface area contributed by atoms with E-state index in [0.29, 0.717) is 6.42 Å². The van der Waals surface area contributed by atoms with Gasteiger partial charge >= 0.3 is 5.97 Å². The van der Waals surface area contributed by atoms with Crippen molar-refractivity contribution in [3.63, 3.8) is 0 Å². The second-order valence-corrected chi connectivity index (χ2v) is 7.02. The van der Waals surface area contributed by atoms with Gasteiger partial charge in [-0.15, -0.1) is 0 Å². The Bertz CT molecular complexity index is 511. The number of allylic oxidation sites excluding steroid dienone is 1. The van der Waals surface area contributed by atoms with Crippen molar-refractivity contribution in [2.24, 2.45) is 5.73 Å². The molecule has 1 aromatic rings. The van der Waals surface area contributed by atoms with Gasteiger partial charge in [0.1, 0.15) is 0 Å². The van der Waals surface area contributed by atoms with E-state index < -0.39 is 25.3 Å². The second-order valence-electron chi connectivity index (χ2n) is 4.38. The Kier molecular flexibility index (Phi) is 5.48. The summed E-state index contributed by atoms with van der Waals surface area (Å²) >= 11 is 0. The second kappa shape index (κ2) is 6.66. The smallest absolute Gasteiger partial charge is 0.331 e. The van der Waals surface area contributed by atoms with Crippen LogP contribution in [0, 0.1) is 0 Å². The molecule has 0 bridgehead atoms. The Morgan fingerprint density at radius 3 is 2.47 bits per heavy atom. The van der Waals surface area contributed by atoms with Crippen LogP contribution in [0.3, 0.4) is 0 Å². The first-order valence-electron chi connectivity index (χ1n) is 5.86. The van der Waals surface area contributed by atoms with E-state index in [1.54, 1.807) is 0 Å². The van der Waals surface area contributed by atoms with Crippen molar-refractivity contribution in [3.05, 3.63) is 47.5 Å². The highest BCUT2D eigenvalue weighted by atomic mass is 31.2. The number of nitrogens with two attached hydrogens (primary N) is 1. The third-order valence-corrected chi connectivity index (χ3v) is 4.80. The molecule has 6 heteroatoms. The molecule has 0 fully saturated rings. The molecule has 0 aromatic heterocycles. The molecule has 0 aliphatic heterocycles. The molecule has 0 aliphatic carbocycles. The Morgan fingerprint density at radius 2 is 2.00 bits per heavy atom. The first-order valence-corrected chi connectivity index (χ1v) is 7.77. The Hall–Kier alpha value is -1.42. The van der Waals surface area contributed by atoms with E-state index in [2.05, 4.69) is 0 Å². The summed E-state index contributed by atoms with van der Waals surface area (Å²) in [6, 6.07) is 9.29. The van der Waals surface area contributed by atoms with E-state index in [1.165, 1.54) is 13.0 Å². The third kappa shape index (κ3) is 4.99. The predicted molar refractivity (Wildman–Crippen MR) is 74.2 cm³/mol. The van der Waals surface area contributed by atoms with Crippen molar-refractivity contribution in [2.45, 2.75) is 19.1 Å². The van der Waals surface area contributed by atoms with Gasteiger partial charge in [-0.25, -0.2) is 4.79 Å². The van der Waals surface area contributed by atoms with Crippen molar-refractivity contribution < 1.29 is 19.4 Å². The van der Waals surface area contributed by atoms with Crippen molar-refractivity contribution in [2.75, 3.05) is 6.16 Å². The normalized spacial score (nSPS) is 16.7. The zero-order valence-corrected chi connectivity index (χ0v) is 11.6. The highest BCUT2D eigenvalue weighted by Crippen LogP contribution is 2.45. The van der Waals surface area contributed by atoms with Crippen molar-refractivity contribution in [1.82, 2.24) is 0 Å². The van der Waals surface area contributed by atoms with Crippen LogP contribution in [0.2, 0.25) is 0 Å². The van der Waals surface area contributed by atoms with Crippen LogP contribution < -0.4 is 5.73 Å². The topological polar surface area (TPSA) is 101 Å². The van der Waals surface area contributed by atoms with Crippen LogP contribution in [0.25, 0.3) is 0 Å². The van der Waals surface area contributed by atoms with Crippen LogP contribution in [0.4, 0.5) is 0 Å². The quantitative estimate of drug-likeness (QED) is 0.546. The standard InChI is InChI=1S/C13H18NO4P/c1-10(14)19(17,18)9-12(13(15)16)8-7-11-5-3-2-4-6-11/h2-6,8,10H,7,9,14H2,1H3,(H,15,16)(H,17,18)/b12-8-. The number of hydrogen-bond acceptors (Lipinski definition) is 3. The van der Waals surface area contributed by atoms with Gasteiger partial charge in [0, 0.05) is 5.57 Å². The molecule has 0 saturated carbocycles. The molecular weight excluding hydrogens is 265 g/mol. The molecule has 0 heterocycles.